The van der Waals surface area contributed by atoms with E-state index in [1.807, 2.05) is 30.3 Å². The maximum Gasteiger partial charge on any atom is 0.236 e. The molecule has 2 heterocycles. The summed E-state index contributed by atoms with van der Waals surface area (Å²) in [6, 6.07) is 9.41. The van der Waals surface area contributed by atoms with Crippen LogP contribution in [-0.4, -0.2) is 86.2 Å². The Labute approximate surface area is 203 Å². The third-order valence-electron chi connectivity index (χ3n) is 7.45. The van der Waals surface area contributed by atoms with Gasteiger partial charge in [0.15, 0.2) is 0 Å². The molecule has 0 aromatic heterocycles. The van der Waals surface area contributed by atoms with Crippen LogP contribution >= 0.6 is 0 Å². The van der Waals surface area contributed by atoms with E-state index in [2.05, 4.69) is 10.2 Å². The Bertz CT molecular complexity index is 917. The van der Waals surface area contributed by atoms with Crippen molar-refractivity contribution < 1.29 is 18.0 Å². The van der Waals surface area contributed by atoms with E-state index in [1.54, 1.807) is 4.90 Å². The average Bonchev–Trinajstić information content (AvgIpc) is 2.86. The van der Waals surface area contributed by atoms with Gasteiger partial charge in [0, 0.05) is 51.2 Å². The smallest absolute Gasteiger partial charge is 0.236 e. The van der Waals surface area contributed by atoms with Crippen molar-refractivity contribution >= 4 is 21.8 Å². The molecule has 9 heteroatoms. The lowest BCUT2D eigenvalue weighted by Crippen LogP contribution is -2.54. The molecule has 2 aliphatic heterocycles. The van der Waals surface area contributed by atoms with Crippen molar-refractivity contribution in [2.75, 3.05) is 45.8 Å². The molecule has 0 radical (unpaired) electrons. The van der Waals surface area contributed by atoms with E-state index in [9.17, 15) is 18.0 Å². The van der Waals surface area contributed by atoms with Gasteiger partial charge >= 0.3 is 0 Å². The third kappa shape index (κ3) is 6.79. The molecule has 1 aliphatic carbocycles. The molecule has 3 fully saturated rings. The van der Waals surface area contributed by atoms with E-state index in [-0.39, 0.29) is 29.5 Å². The first-order chi connectivity index (χ1) is 16.4. The van der Waals surface area contributed by atoms with Crippen molar-refractivity contribution in [3.05, 3.63) is 35.9 Å². The Morgan fingerprint density at radius 1 is 0.853 bits per heavy atom. The number of nitrogens with one attached hydrogen (secondary N) is 1. The minimum absolute atomic E-state index is 0.00594. The summed E-state index contributed by atoms with van der Waals surface area (Å²) in [5.74, 6) is 0.455. The second-order valence-electron chi connectivity index (χ2n) is 9.92. The molecule has 0 bridgehead atoms. The van der Waals surface area contributed by atoms with Gasteiger partial charge in [0.2, 0.25) is 21.8 Å². The van der Waals surface area contributed by atoms with Crippen molar-refractivity contribution in [1.29, 1.82) is 0 Å². The zero-order chi connectivity index (χ0) is 24.0. The predicted octanol–water partition coefficient (Wildman–Crippen LogP) is 1.82. The van der Waals surface area contributed by atoms with Crippen LogP contribution in [0, 0.1) is 5.92 Å². The predicted molar refractivity (Wildman–Crippen MR) is 131 cm³/mol. The van der Waals surface area contributed by atoms with Gasteiger partial charge in [-0.25, -0.2) is 8.42 Å². The monoisotopic (exact) mass is 490 g/mol. The summed E-state index contributed by atoms with van der Waals surface area (Å²) in [6.45, 7) is 3.51. The number of carbonyl (C=O) groups is 2. The molecule has 8 nitrogen and oxygen atoms in total. The van der Waals surface area contributed by atoms with Crippen LogP contribution < -0.4 is 5.32 Å². The zero-order valence-corrected chi connectivity index (χ0v) is 20.8. The topological polar surface area (TPSA) is 90.0 Å². The van der Waals surface area contributed by atoms with Gasteiger partial charge < -0.3 is 10.2 Å². The number of benzene rings is 1. The van der Waals surface area contributed by atoms with Crippen molar-refractivity contribution in [1.82, 2.24) is 19.4 Å². The second kappa shape index (κ2) is 11.6. The molecular formula is C25H38N4O4S. The first-order valence-electron chi connectivity index (χ1n) is 12.7. The standard InChI is InChI=1S/C25H38N4O4S/c30-24(19-27-13-11-23(12-14-27)26-25(31)22-9-5-2-6-10-22)28-15-17-29(18-16-28)34(32,33)20-21-7-3-1-4-8-21/h1,3-4,7-8,22-23H,2,5-6,9-20H2,(H,26,31). The first-order valence-corrected chi connectivity index (χ1v) is 14.3. The summed E-state index contributed by atoms with van der Waals surface area (Å²) >= 11 is 0. The third-order valence-corrected chi connectivity index (χ3v) is 9.30. The molecule has 0 spiro atoms. The fourth-order valence-electron chi connectivity index (χ4n) is 5.30. The molecule has 2 amide bonds. The van der Waals surface area contributed by atoms with Crippen LogP contribution in [0.4, 0.5) is 0 Å². The maximum atomic E-state index is 12.8. The molecular weight excluding hydrogens is 452 g/mol. The second-order valence-corrected chi connectivity index (χ2v) is 11.9. The van der Waals surface area contributed by atoms with Gasteiger partial charge in [-0.15, -0.1) is 0 Å². The van der Waals surface area contributed by atoms with Crippen LogP contribution in [0.25, 0.3) is 0 Å². The summed E-state index contributed by atoms with van der Waals surface area (Å²) in [5.41, 5.74) is 0.777. The molecule has 3 aliphatic rings. The van der Waals surface area contributed by atoms with E-state index in [4.69, 9.17) is 0 Å². The van der Waals surface area contributed by atoms with Gasteiger partial charge in [-0.2, -0.15) is 4.31 Å². The zero-order valence-electron chi connectivity index (χ0n) is 20.0. The highest BCUT2D eigenvalue weighted by Gasteiger charge is 2.31. The molecule has 188 valence electrons. The van der Waals surface area contributed by atoms with Crippen molar-refractivity contribution in [2.45, 2.75) is 56.7 Å². The van der Waals surface area contributed by atoms with Crippen LogP contribution in [-0.2, 0) is 25.4 Å². The van der Waals surface area contributed by atoms with E-state index in [0.29, 0.717) is 32.7 Å². The fourth-order valence-corrected chi connectivity index (χ4v) is 6.82. The van der Waals surface area contributed by atoms with Gasteiger partial charge in [-0.05, 0) is 31.2 Å². The number of amides is 2. The molecule has 0 atom stereocenters. The average molecular weight is 491 g/mol. The van der Waals surface area contributed by atoms with Gasteiger partial charge in [0.05, 0.1) is 12.3 Å². The largest absolute Gasteiger partial charge is 0.353 e. The lowest BCUT2D eigenvalue weighted by molar-refractivity contribution is -0.134. The summed E-state index contributed by atoms with van der Waals surface area (Å²) in [4.78, 5) is 29.3. The number of hydrogen-bond acceptors (Lipinski definition) is 5. The van der Waals surface area contributed by atoms with E-state index in [0.717, 1.165) is 57.2 Å². The number of nitrogens with zero attached hydrogens (tertiary/aromatic N) is 3. The minimum atomic E-state index is -3.39. The number of piperazine rings is 1. The summed E-state index contributed by atoms with van der Waals surface area (Å²) in [5, 5.41) is 3.24. The van der Waals surface area contributed by atoms with Crippen molar-refractivity contribution in [3.63, 3.8) is 0 Å². The van der Waals surface area contributed by atoms with Crippen LogP contribution in [0.15, 0.2) is 30.3 Å². The number of sulfonamides is 1. The van der Waals surface area contributed by atoms with Crippen LogP contribution in [0.5, 0.6) is 0 Å². The van der Waals surface area contributed by atoms with Gasteiger partial charge in [-0.3, -0.25) is 14.5 Å². The number of rotatable bonds is 7. The highest BCUT2D eigenvalue weighted by Crippen LogP contribution is 2.24. The fraction of sp³-hybridized carbons (Fsp3) is 0.680. The Morgan fingerprint density at radius 3 is 2.15 bits per heavy atom. The molecule has 1 aromatic carbocycles. The first kappa shape index (κ1) is 25.1. The lowest BCUT2D eigenvalue weighted by atomic mass is 9.88. The summed E-state index contributed by atoms with van der Waals surface area (Å²) in [7, 11) is -3.39. The van der Waals surface area contributed by atoms with Gasteiger partial charge in [0.25, 0.3) is 0 Å². The normalized spacial score (nSPS) is 21.9. The number of carbonyl (C=O) groups excluding carboxylic acids is 2. The van der Waals surface area contributed by atoms with E-state index >= 15 is 0 Å². The number of likely N-dealkylation sites (tertiary alicyclic amines) is 1. The van der Waals surface area contributed by atoms with E-state index in [1.165, 1.54) is 10.7 Å². The van der Waals surface area contributed by atoms with Gasteiger partial charge in [-0.1, -0.05) is 49.6 Å². The van der Waals surface area contributed by atoms with Crippen LogP contribution in [0.3, 0.4) is 0 Å². The molecule has 2 saturated heterocycles. The number of piperidine rings is 1. The maximum absolute atomic E-state index is 12.8. The van der Waals surface area contributed by atoms with Crippen molar-refractivity contribution in [3.8, 4) is 0 Å². The highest BCUT2D eigenvalue weighted by molar-refractivity contribution is 7.88. The van der Waals surface area contributed by atoms with Crippen molar-refractivity contribution in [2.24, 2.45) is 5.92 Å². The minimum Gasteiger partial charge on any atom is -0.353 e. The molecule has 1 aromatic rings. The summed E-state index contributed by atoms with van der Waals surface area (Å²) < 4.78 is 27.0. The highest BCUT2D eigenvalue weighted by atomic mass is 32.2. The van der Waals surface area contributed by atoms with Crippen LogP contribution in [0.2, 0.25) is 0 Å². The lowest BCUT2D eigenvalue weighted by Gasteiger charge is -2.37. The quantitative estimate of drug-likeness (QED) is 0.630. The van der Waals surface area contributed by atoms with E-state index < -0.39 is 10.0 Å². The SMILES string of the molecule is O=C(NC1CCN(CC(=O)N2CCN(S(=O)(=O)Cc3ccccc3)CC2)CC1)C1CCCCC1. The Balaban J connectivity index is 1.16. The summed E-state index contributed by atoms with van der Waals surface area (Å²) in [6.07, 6.45) is 7.33. The Kier molecular flexibility index (Phi) is 8.60. The molecule has 0 unspecified atom stereocenters. The van der Waals surface area contributed by atoms with Crippen LogP contribution in [0.1, 0.15) is 50.5 Å². The molecule has 1 saturated carbocycles. The molecule has 34 heavy (non-hydrogen) atoms. The number of hydrogen-bond donors (Lipinski definition) is 1. The molecule has 1 N–H and O–H groups in total. The molecule has 4 rings (SSSR count). The van der Waals surface area contributed by atoms with Gasteiger partial charge in [0.1, 0.15) is 0 Å². The Morgan fingerprint density at radius 2 is 1.50 bits per heavy atom. The Hall–Kier alpha value is -1.97.